The lowest BCUT2D eigenvalue weighted by Gasteiger charge is -2.13. The van der Waals surface area contributed by atoms with Crippen LogP contribution in [0.1, 0.15) is 23.7 Å². The zero-order chi connectivity index (χ0) is 13.1. The molecule has 0 aliphatic carbocycles. The molecule has 5 heteroatoms. The van der Waals surface area contributed by atoms with Gasteiger partial charge in [-0.05, 0) is 32.0 Å². The minimum Gasteiger partial charge on any atom is -0.313 e. The van der Waals surface area contributed by atoms with Gasteiger partial charge in [0.05, 0.1) is 17.4 Å². The van der Waals surface area contributed by atoms with Crippen molar-refractivity contribution in [2.45, 2.75) is 27.3 Å². The van der Waals surface area contributed by atoms with Crippen LogP contribution in [0.2, 0.25) is 5.02 Å². The average molecular weight is 265 g/mol. The number of hydrogen-bond donors (Lipinski definition) is 1. The van der Waals surface area contributed by atoms with Crippen molar-refractivity contribution in [2.24, 2.45) is 0 Å². The minimum atomic E-state index is 0.616. The lowest BCUT2D eigenvalue weighted by atomic mass is 10.1. The molecule has 2 heterocycles. The summed E-state index contributed by atoms with van der Waals surface area (Å²) < 4.78 is 1.73. The highest BCUT2D eigenvalue weighted by atomic mass is 35.5. The van der Waals surface area contributed by atoms with Gasteiger partial charge in [-0.1, -0.05) is 18.5 Å². The molecule has 0 aliphatic heterocycles. The maximum absolute atomic E-state index is 5.92. The van der Waals surface area contributed by atoms with Gasteiger partial charge in [0.1, 0.15) is 0 Å². The Hall–Kier alpha value is -1.39. The third-order valence-corrected chi connectivity index (χ3v) is 2.97. The van der Waals surface area contributed by atoms with Gasteiger partial charge in [-0.25, -0.2) is 9.67 Å². The van der Waals surface area contributed by atoms with Crippen LogP contribution in [-0.4, -0.2) is 21.3 Å². The summed E-state index contributed by atoms with van der Waals surface area (Å²) in [4.78, 5) is 4.57. The highest BCUT2D eigenvalue weighted by Crippen LogP contribution is 2.19. The molecule has 2 rings (SSSR count). The van der Waals surface area contributed by atoms with Crippen molar-refractivity contribution in [3.8, 4) is 5.82 Å². The molecule has 0 bridgehead atoms. The van der Waals surface area contributed by atoms with Crippen molar-refractivity contribution in [3.63, 3.8) is 0 Å². The molecule has 0 saturated heterocycles. The number of aryl methyl sites for hydroxylation is 2. The average Bonchev–Trinajstić information content (AvgIpc) is 2.74. The summed E-state index contributed by atoms with van der Waals surface area (Å²) in [6, 6.07) is 2.08. The van der Waals surface area contributed by atoms with Crippen LogP contribution >= 0.6 is 11.6 Å². The summed E-state index contributed by atoms with van der Waals surface area (Å²) in [7, 11) is 0. The smallest absolute Gasteiger partial charge is 0.158 e. The van der Waals surface area contributed by atoms with E-state index in [0.29, 0.717) is 5.02 Å². The van der Waals surface area contributed by atoms with E-state index in [0.717, 1.165) is 30.2 Å². The summed E-state index contributed by atoms with van der Waals surface area (Å²) in [5, 5.41) is 8.18. The molecule has 2 aromatic rings. The van der Waals surface area contributed by atoms with E-state index in [9.17, 15) is 0 Å². The molecule has 18 heavy (non-hydrogen) atoms. The van der Waals surface area contributed by atoms with Crippen LogP contribution in [0.4, 0.5) is 0 Å². The van der Waals surface area contributed by atoms with Crippen LogP contribution in [-0.2, 0) is 6.54 Å². The third kappa shape index (κ3) is 2.71. The van der Waals surface area contributed by atoms with Gasteiger partial charge in [-0.15, -0.1) is 0 Å². The summed E-state index contributed by atoms with van der Waals surface area (Å²) in [5.74, 6) is 0.848. The van der Waals surface area contributed by atoms with E-state index in [1.807, 2.05) is 6.92 Å². The molecular weight excluding hydrogens is 248 g/mol. The van der Waals surface area contributed by atoms with Gasteiger partial charge in [-0.3, -0.25) is 0 Å². The summed E-state index contributed by atoms with van der Waals surface area (Å²) >= 11 is 5.92. The van der Waals surface area contributed by atoms with Crippen LogP contribution in [0, 0.1) is 13.8 Å². The molecule has 4 nitrogen and oxygen atoms in total. The Morgan fingerprint density at radius 1 is 1.39 bits per heavy atom. The van der Waals surface area contributed by atoms with E-state index >= 15 is 0 Å². The Morgan fingerprint density at radius 3 is 2.78 bits per heavy atom. The fourth-order valence-corrected chi connectivity index (χ4v) is 2.05. The molecule has 0 spiro atoms. The topological polar surface area (TPSA) is 42.7 Å². The van der Waals surface area contributed by atoms with Crippen molar-refractivity contribution >= 4 is 11.6 Å². The lowest BCUT2D eigenvalue weighted by Crippen LogP contribution is -2.16. The molecule has 0 saturated carbocycles. The number of halogens is 1. The standard InChI is InChI=1S/C13H17ClN4/c1-4-15-7-12-9(2)5-10(3)17-13(12)18-8-11(14)6-16-18/h5-6,8,15H,4,7H2,1-3H3. The van der Waals surface area contributed by atoms with Gasteiger partial charge in [-0.2, -0.15) is 5.10 Å². The first-order chi connectivity index (χ1) is 8.61. The minimum absolute atomic E-state index is 0.616. The second-order valence-corrected chi connectivity index (χ2v) is 4.70. The number of nitrogens with zero attached hydrogens (tertiary/aromatic N) is 3. The van der Waals surface area contributed by atoms with E-state index in [1.54, 1.807) is 17.1 Å². The molecule has 0 aliphatic rings. The predicted octanol–water partition coefficient (Wildman–Crippen LogP) is 2.65. The molecule has 1 N–H and O–H groups in total. The first-order valence-electron chi connectivity index (χ1n) is 6.00. The van der Waals surface area contributed by atoms with Crippen molar-refractivity contribution in [2.75, 3.05) is 6.54 Å². The molecule has 0 fully saturated rings. The first kappa shape index (κ1) is 13.1. The fraction of sp³-hybridized carbons (Fsp3) is 0.385. The van der Waals surface area contributed by atoms with Gasteiger partial charge < -0.3 is 5.32 Å². The molecule has 0 amide bonds. The van der Waals surface area contributed by atoms with Crippen LogP contribution < -0.4 is 5.32 Å². The van der Waals surface area contributed by atoms with Crippen LogP contribution in [0.25, 0.3) is 5.82 Å². The zero-order valence-electron chi connectivity index (χ0n) is 10.9. The van der Waals surface area contributed by atoms with Crippen molar-refractivity contribution in [1.29, 1.82) is 0 Å². The maximum atomic E-state index is 5.92. The summed E-state index contributed by atoms with van der Waals surface area (Å²) in [5.41, 5.74) is 3.35. The number of pyridine rings is 1. The SMILES string of the molecule is CCNCc1c(C)cc(C)nc1-n1cc(Cl)cn1. The predicted molar refractivity (Wildman–Crippen MR) is 73.2 cm³/mol. The van der Waals surface area contributed by atoms with Crippen molar-refractivity contribution in [3.05, 3.63) is 40.3 Å². The normalized spacial score (nSPS) is 10.9. The highest BCUT2D eigenvalue weighted by Gasteiger charge is 2.11. The van der Waals surface area contributed by atoms with Crippen molar-refractivity contribution < 1.29 is 0 Å². The Balaban J connectivity index is 2.49. The van der Waals surface area contributed by atoms with Gasteiger partial charge in [0.25, 0.3) is 0 Å². The Bertz CT molecular complexity index is 548. The van der Waals surface area contributed by atoms with Crippen molar-refractivity contribution in [1.82, 2.24) is 20.1 Å². The molecule has 0 aromatic carbocycles. The molecule has 2 aromatic heterocycles. The van der Waals surface area contributed by atoms with Gasteiger partial charge in [0, 0.05) is 17.8 Å². The highest BCUT2D eigenvalue weighted by molar-refractivity contribution is 6.30. The zero-order valence-corrected chi connectivity index (χ0v) is 11.6. The second kappa shape index (κ2) is 5.50. The third-order valence-electron chi connectivity index (χ3n) is 2.77. The van der Waals surface area contributed by atoms with Gasteiger partial charge >= 0.3 is 0 Å². The lowest BCUT2D eigenvalue weighted by molar-refractivity contribution is 0.704. The number of hydrogen-bond acceptors (Lipinski definition) is 3. The molecular formula is C13H17ClN4. The van der Waals surface area contributed by atoms with Crippen LogP contribution in [0.3, 0.4) is 0 Å². The quantitative estimate of drug-likeness (QED) is 0.923. The van der Waals surface area contributed by atoms with E-state index in [4.69, 9.17) is 11.6 Å². The molecule has 96 valence electrons. The Labute approximate surface area is 112 Å². The second-order valence-electron chi connectivity index (χ2n) is 4.27. The summed E-state index contributed by atoms with van der Waals surface area (Å²) in [6.45, 7) is 7.87. The van der Waals surface area contributed by atoms with Crippen LogP contribution in [0.5, 0.6) is 0 Å². The molecule has 0 unspecified atom stereocenters. The Kier molecular flexibility index (Phi) is 3.99. The van der Waals surface area contributed by atoms with Gasteiger partial charge in [0.15, 0.2) is 5.82 Å². The monoisotopic (exact) mass is 264 g/mol. The first-order valence-corrected chi connectivity index (χ1v) is 6.38. The number of rotatable bonds is 4. The number of aromatic nitrogens is 3. The molecule has 0 radical (unpaired) electrons. The number of nitrogens with one attached hydrogen (secondary N) is 1. The fourth-order valence-electron chi connectivity index (χ4n) is 1.92. The maximum Gasteiger partial charge on any atom is 0.158 e. The van der Waals surface area contributed by atoms with E-state index in [-0.39, 0.29) is 0 Å². The van der Waals surface area contributed by atoms with E-state index in [2.05, 4.69) is 35.3 Å². The van der Waals surface area contributed by atoms with E-state index in [1.165, 1.54) is 5.56 Å². The van der Waals surface area contributed by atoms with Gasteiger partial charge in [0.2, 0.25) is 0 Å². The van der Waals surface area contributed by atoms with Crippen LogP contribution in [0.15, 0.2) is 18.5 Å². The summed E-state index contributed by atoms with van der Waals surface area (Å²) in [6.07, 6.45) is 3.40. The Morgan fingerprint density at radius 2 is 2.17 bits per heavy atom. The van der Waals surface area contributed by atoms with E-state index < -0.39 is 0 Å². The molecule has 0 atom stereocenters. The largest absolute Gasteiger partial charge is 0.313 e.